The largest absolute Gasteiger partial charge is 0.459 e. The van der Waals surface area contributed by atoms with E-state index in [9.17, 15) is 9.59 Å². The van der Waals surface area contributed by atoms with Crippen LogP contribution in [0.2, 0.25) is 0 Å². The van der Waals surface area contributed by atoms with E-state index in [2.05, 4.69) is 13.8 Å². The van der Waals surface area contributed by atoms with Gasteiger partial charge < -0.3 is 15.4 Å². The molecule has 2 N–H and O–H groups in total. The molecule has 1 aromatic rings. The van der Waals surface area contributed by atoms with Gasteiger partial charge in [0.2, 0.25) is 5.91 Å². The van der Waals surface area contributed by atoms with Crippen LogP contribution in [0.15, 0.2) is 30.3 Å². The Bertz CT molecular complexity index is 714. The molecule has 27 heavy (non-hydrogen) atoms. The molecule has 1 aliphatic heterocycles. The highest BCUT2D eigenvalue weighted by Gasteiger charge is 2.70. The highest BCUT2D eigenvalue weighted by atomic mass is 16.5. The van der Waals surface area contributed by atoms with E-state index >= 15 is 0 Å². The predicted molar refractivity (Wildman–Crippen MR) is 105 cm³/mol. The molecule has 0 aromatic heterocycles. The maximum atomic E-state index is 13.1. The number of fused-ring (bicyclic) bond motifs is 1. The van der Waals surface area contributed by atoms with Crippen molar-refractivity contribution in [1.29, 1.82) is 0 Å². The lowest BCUT2D eigenvalue weighted by Gasteiger charge is -2.36. The van der Waals surface area contributed by atoms with Crippen LogP contribution in [0.3, 0.4) is 0 Å². The Kier molecular flexibility index (Phi) is 5.10. The fourth-order valence-electron chi connectivity index (χ4n) is 4.33. The standard InChI is InChI=1S/C22H32N2O3/c1-6-21(2,3)18(23)19(25)24-12-15-16(22(15,4)5)17(24)20(26)27-13-14-10-8-7-9-11-14/h7-11,15-18H,6,12-13,23H2,1-5H3/t15-,16-,17-,18+/m0/s1. The van der Waals surface area contributed by atoms with Crippen molar-refractivity contribution in [3.8, 4) is 0 Å². The quantitative estimate of drug-likeness (QED) is 0.779. The number of hydrogen-bond donors (Lipinski definition) is 1. The SMILES string of the molecule is CCC(C)(C)[C@H](N)C(=O)N1C[C@H]2[C@@H]([C@H]1C(=O)OCc1ccccc1)C2(C)C. The van der Waals surface area contributed by atoms with Crippen LogP contribution in [0, 0.1) is 22.7 Å². The zero-order valence-electron chi connectivity index (χ0n) is 17.1. The van der Waals surface area contributed by atoms with Gasteiger partial charge in [-0.1, -0.05) is 65.0 Å². The van der Waals surface area contributed by atoms with Crippen molar-refractivity contribution < 1.29 is 14.3 Å². The molecule has 2 aliphatic rings. The molecule has 0 bridgehead atoms. The van der Waals surface area contributed by atoms with Crippen molar-refractivity contribution in [3.05, 3.63) is 35.9 Å². The molecule has 1 aromatic carbocycles. The maximum absolute atomic E-state index is 13.1. The van der Waals surface area contributed by atoms with E-state index in [4.69, 9.17) is 10.5 Å². The van der Waals surface area contributed by atoms with E-state index in [1.807, 2.05) is 51.1 Å². The van der Waals surface area contributed by atoms with Gasteiger partial charge >= 0.3 is 5.97 Å². The molecule has 5 heteroatoms. The molecule has 1 amide bonds. The van der Waals surface area contributed by atoms with Crippen LogP contribution in [0.5, 0.6) is 0 Å². The van der Waals surface area contributed by atoms with Gasteiger partial charge in [0.25, 0.3) is 0 Å². The third kappa shape index (κ3) is 3.49. The summed E-state index contributed by atoms with van der Waals surface area (Å²) in [5.41, 5.74) is 7.00. The van der Waals surface area contributed by atoms with Crippen molar-refractivity contribution in [2.45, 2.75) is 59.7 Å². The number of rotatable bonds is 6. The zero-order valence-corrected chi connectivity index (χ0v) is 17.1. The molecular weight excluding hydrogens is 340 g/mol. The molecule has 4 atom stereocenters. The second-order valence-corrected chi connectivity index (χ2v) is 9.30. The lowest BCUT2D eigenvalue weighted by atomic mass is 9.81. The summed E-state index contributed by atoms with van der Waals surface area (Å²) in [6.07, 6.45) is 0.801. The van der Waals surface area contributed by atoms with Gasteiger partial charge in [0.1, 0.15) is 12.6 Å². The van der Waals surface area contributed by atoms with Crippen molar-refractivity contribution in [1.82, 2.24) is 4.90 Å². The number of nitrogens with two attached hydrogens (primary N) is 1. The number of nitrogens with zero attached hydrogens (tertiary/aromatic N) is 1. The predicted octanol–water partition coefficient (Wildman–Crippen LogP) is 2.98. The first-order chi connectivity index (χ1) is 12.6. The highest BCUT2D eigenvalue weighted by Crippen LogP contribution is 2.65. The fraction of sp³-hybridized carbons (Fsp3) is 0.636. The van der Waals surface area contributed by atoms with Gasteiger partial charge in [0.15, 0.2) is 0 Å². The summed E-state index contributed by atoms with van der Waals surface area (Å²) in [5.74, 6) is 0.0487. The Balaban J connectivity index is 1.75. The summed E-state index contributed by atoms with van der Waals surface area (Å²) >= 11 is 0. The molecule has 1 heterocycles. The van der Waals surface area contributed by atoms with Crippen LogP contribution in [0.4, 0.5) is 0 Å². The minimum atomic E-state index is -0.618. The van der Waals surface area contributed by atoms with Gasteiger partial charge in [-0.3, -0.25) is 4.79 Å². The number of benzene rings is 1. The molecule has 148 valence electrons. The second-order valence-electron chi connectivity index (χ2n) is 9.30. The summed E-state index contributed by atoms with van der Waals surface area (Å²) in [6.45, 7) is 11.2. The Morgan fingerprint density at radius 1 is 1.30 bits per heavy atom. The Morgan fingerprint density at radius 2 is 1.93 bits per heavy atom. The van der Waals surface area contributed by atoms with Crippen molar-refractivity contribution >= 4 is 11.9 Å². The molecule has 1 aliphatic carbocycles. The van der Waals surface area contributed by atoms with Crippen LogP contribution >= 0.6 is 0 Å². The van der Waals surface area contributed by atoms with E-state index in [0.29, 0.717) is 12.5 Å². The third-order valence-corrected chi connectivity index (χ3v) is 6.98. The highest BCUT2D eigenvalue weighted by molar-refractivity contribution is 5.89. The van der Waals surface area contributed by atoms with Crippen LogP contribution in [-0.4, -0.2) is 35.4 Å². The van der Waals surface area contributed by atoms with Crippen LogP contribution < -0.4 is 5.73 Å². The summed E-state index contributed by atoms with van der Waals surface area (Å²) in [6, 6.07) is 8.47. The van der Waals surface area contributed by atoms with Crippen LogP contribution in [0.25, 0.3) is 0 Å². The van der Waals surface area contributed by atoms with E-state index in [1.165, 1.54) is 0 Å². The fourth-order valence-corrected chi connectivity index (χ4v) is 4.33. The van der Waals surface area contributed by atoms with Gasteiger partial charge in [-0.05, 0) is 28.7 Å². The minimum Gasteiger partial charge on any atom is -0.459 e. The average Bonchev–Trinajstić information content (AvgIpc) is 2.99. The topological polar surface area (TPSA) is 72.6 Å². The number of amides is 1. The Labute approximate surface area is 162 Å². The summed E-state index contributed by atoms with van der Waals surface area (Å²) in [5, 5.41) is 0. The first-order valence-corrected chi connectivity index (χ1v) is 9.88. The van der Waals surface area contributed by atoms with Gasteiger partial charge in [-0.2, -0.15) is 0 Å². The molecule has 1 saturated carbocycles. The second kappa shape index (κ2) is 6.93. The molecular formula is C22H32N2O3. The van der Waals surface area contributed by atoms with Crippen LogP contribution in [0.1, 0.15) is 46.6 Å². The average molecular weight is 373 g/mol. The van der Waals surface area contributed by atoms with Gasteiger partial charge in [0, 0.05) is 12.5 Å². The van der Waals surface area contributed by atoms with E-state index < -0.39 is 12.1 Å². The lowest BCUT2D eigenvalue weighted by molar-refractivity contribution is -0.157. The van der Waals surface area contributed by atoms with E-state index in [1.54, 1.807) is 4.90 Å². The number of piperidine rings is 1. The summed E-state index contributed by atoms with van der Waals surface area (Å²) in [4.78, 5) is 27.7. The summed E-state index contributed by atoms with van der Waals surface area (Å²) in [7, 11) is 0. The molecule has 0 radical (unpaired) electrons. The van der Waals surface area contributed by atoms with Gasteiger partial charge in [0.05, 0.1) is 6.04 Å². The van der Waals surface area contributed by atoms with Gasteiger partial charge in [-0.25, -0.2) is 4.79 Å². The van der Waals surface area contributed by atoms with E-state index in [0.717, 1.165) is 12.0 Å². The minimum absolute atomic E-state index is 0.0670. The molecule has 1 saturated heterocycles. The number of ether oxygens (including phenoxy) is 1. The first-order valence-electron chi connectivity index (χ1n) is 9.88. The van der Waals surface area contributed by atoms with E-state index in [-0.39, 0.29) is 35.2 Å². The van der Waals surface area contributed by atoms with Crippen molar-refractivity contribution in [2.75, 3.05) is 6.54 Å². The Hall–Kier alpha value is -1.88. The lowest BCUT2D eigenvalue weighted by Crippen LogP contribution is -2.56. The molecule has 2 fully saturated rings. The van der Waals surface area contributed by atoms with Crippen molar-refractivity contribution in [3.63, 3.8) is 0 Å². The molecule has 5 nitrogen and oxygen atoms in total. The van der Waals surface area contributed by atoms with Crippen molar-refractivity contribution in [2.24, 2.45) is 28.4 Å². The first kappa shape index (κ1) is 19.9. The monoisotopic (exact) mass is 372 g/mol. The molecule has 3 rings (SSSR count). The van der Waals surface area contributed by atoms with Gasteiger partial charge in [-0.15, -0.1) is 0 Å². The number of esters is 1. The number of carbonyl (C=O) groups excluding carboxylic acids is 2. The smallest absolute Gasteiger partial charge is 0.329 e. The van der Waals surface area contributed by atoms with Crippen LogP contribution in [-0.2, 0) is 20.9 Å². The molecule has 0 unspecified atom stereocenters. The number of hydrogen-bond acceptors (Lipinski definition) is 4. The number of carbonyl (C=O) groups is 2. The maximum Gasteiger partial charge on any atom is 0.329 e. The number of likely N-dealkylation sites (tertiary alicyclic amines) is 1. The normalized spacial score (nSPS) is 27.0. The zero-order chi connectivity index (χ0) is 20.0. The third-order valence-electron chi connectivity index (χ3n) is 6.98. The molecule has 0 spiro atoms. The summed E-state index contributed by atoms with van der Waals surface area (Å²) < 4.78 is 5.60. The Morgan fingerprint density at radius 3 is 2.52 bits per heavy atom.